The molecule has 1 aromatic carbocycles. The summed E-state index contributed by atoms with van der Waals surface area (Å²) in [5, 5.41) is 3.65. The molecule has 0 amide bonds. The topological polar surface area (TPSA) is 78.3 Å². The highest BCUT2D eigenvalue weighted by molar-refractivity contribution is 7.62. The SMILES string of the molecule is C=CCNc1ncnc2c(P(=O)(OCC)OCC)cn(-c3ccc(C)cc3)c12. The van der Waals surface area contributed by atoms with Gasteiger partial charge in [-0.2, -0.15) is 0 Å². The average Bonchev–Trinajstić information content (AvgIpc) is 3.08. The molecule has 0 saturated heterocycles. The molecular weight excluding hydrogens is 375 g/mol. The summed E-state index contributed by atoms with van der Waals surface area (Å²) >= 11 is 0. The molecule has 3 rings (SSSR count). The highest BCUT2D eigenvalue weighted by atomic mass is 31.2. The van der Waals surface area contributed by atoms with Crippen LogP contribution in [0.2, 0.25) is 0 Å². The van der Waals surface area contributed by atoms with Crippen LogP contribution in [0.15, 0.2) is 49.4 Å². The van der Waals surface area contributed by atoms with Gasteiger partial charge in [-0.25, -0.2) is 9.97 Å². The number of anilines is 1. The zero-order valence-corrected chi connectivity index (χ0v) is 17.3. The predicted molar refractivity (Wildman–Crippen MR) is 113 cm³/mol. The number of aryl methyl sites for hydroxylation is 1. The lowest BCUT2D eigenvalue weighted by atomic mass is 10.2. The van der Waals surface area contributed by atoms with Crippen molar-refractivity contribution in [1.29, 1.82) is 0 Å². The molecule has 1 N–H and O–H groups in total. The lowest BCUT2D eigenvalue weighted by Crippen LogP contribution is -2.11. The minimum absolute atomic E-state index is 0.265. The maximum atomic E-state index is 13.5. The van der Waals surface area contributed by atoms with Crippen LogP contribution in [0, 0.1) is 6.92 Å². The smallest absolute Gasteiger partial charge is 0.365 e. The van der Waals surface area contributed by atoms with Gasteiger partial charge in [0.05, 0.1) is 13.2 Å². The minimum atomic E-state index is -3.53. The number of rotatable bonds is 9. The van der Waals surface area contributed by atoms with E-state index in [9.17, 15) is 4.57 Å². The van der Waals surface area contributed by atoms with Gasteiger partial charge in [-0.05, 0) is 32.9 Å². The first kappa shape index (κ1) is 20.3. The van der Waals surface area contributed by atoms with Gasteiger partial charge in [0.15, 0.2) is 5.82 Å². The molecule has 0 aliphatic rings. The molecule has 8 heteroatoms. The maximum absolute atomic E-state index is 13.5. The first-order valence-electron chi connectivity index (χ1n) is 9.21. The Morgan fingerprint density at radius 3 is 2.46 bits per heavy atom. The second-order valence-electron chi connectivity index (χ2n) is 6.14. The number of aromatic nitrogens is 3. The van der Waals surface area contributed by atoms with E-state index >= 15 is 0 Å². The zero-order chi connectivity index (χ0) is 20.1. The van der Waals surface area contributed by atoms with Gasteiger partial charge in [-0.3, -0.25) is 4.57 Å². The van der Waals surface area contributed by atoms with E-state index in [1.54, 1.807) is 26.1 Å². The molecule has 0 aliphatic carbocycles. The van der Waals surface area contributed by atoms with Crippen molar-refractivity contribution in [3.63, 3.8) is 0 Å². The largest absolute Gasteiger partial charge is 0.365 e. The van der Waals surface area contributed by atoms with Gasteiger partial charge in [-0.15, -0.1) is 6.58 Å². The number of fused-ring (bicyclic) bond motifs is 1. The van der Waals surface area contributed by atoms with Gasteiger partial charge in [-0.1, -0.05) is 23.8 Å². The standard InChI is InChI=1S/C20H25N4O3P/c1-5-12-21-20-19-18(22-14-23-20)17(28(25,26-6-2)27-7-3)13-24(19)16-10-8-15(4)9-11-16/h5,8-11,13-14H,1,6-7,12H2,2-4H3,(H,21,22,23). The molecule has 28 heavy (non-hydrogen) atoms. The Hall–Kier alpha value is -2.47. The van der Waals surface area contributed by atoms with E-state index in [0.717, 1.165) is 11.3 Å². The molecule has 0 radical (unpaired) electrons. The molecule has 3 aromatic rings. The quantitative estimate of drug-likeness (QED) is 0.428. The molecule has 2 heterocycles. The fraction of sp³-hybridized carbons (Fsp3) is 0.300. The van der Waals surface area contributed by atoms with Crippen LogP contribution < -0.4 is 10.6 Å². The van der Waals surface area contributed by atoms with Crippen molar-refractivity contribution in [3.8, 4) is 5.69 Å². The lowest BCUT2D eigenvalue weighted by molar-refractivity contribution is 0.230. The number of nitrogens with one attached hydrogen (secondary N) is 1. The van der Waals surface area contributed by atoms with Crippen molar-refractivity contribution in [2.45, 2.75) is 20.8 Å². The van der Waals surface area contributed by atoms with E-state index in [2.05, 4.69) is 21.9 Å². The Morgan fingerprint density at radius 1 is 1.18 bits per heavy atom. The molecule has 0 saturated carbocycles. The van der Waals surface area contributed by atoms with Crippen LogP contribution in [0.3, 0.4) is 0 Å². The maximum Gasteiger partial charge on any atom is 0.365 e. The number of nitrogens with zero attached hydrogens (tertiary/aromatic N) is 3. The van der Waals surface area contributed by atoms with Gasteiger partial charge >= 0.3 is 7.60 Å². The third kappa shape index (κ3) is 3.87. The highest BCUT2D eigenvalue weighted by Gasteiger charge is 2.33. The Morgan fingerprint density at radius 2 is 1.86 bits per heavy atom. The summed E-state index contributed by atoms with van der Waals surface area (Å²) in [7, 11) is -3.53. The Labute approximate surface area is 164 Å². The highest BCUT2D eigenvalue weighted by Crippen LogP contribution is 2.49. The van der Waals surface area contributed by atoms with Crippen molar-refractivity contribution in [1.82, 2.24) is 14.5 Å². The monoisotopic (exact) mass is 400 g/mol. The predicted octanol–water partition coefficient (Wildman–Crippen LogP) is 4.22. The van der Waals surface area contributed by atoms with E-state index in [0.29, 0.717) is 28.7 Å². The van der Waals surface area contributed by atoms with Crippen molar-refractivity contribution in [2.24, 2.45) is 0 Å². The fourth-order valence-corrected chi connectivity index (χ4v) is 4.68. The summed E-state index contributed by atoms with van der Waals surface area (Å²) in [6, 6.07) is 8.03. The second-order valence-corrected chi connectivity index (χ2v) is 8.14. The summed E-state index contributed by atoms with van der Waals surface area (Å²) in [5.74, 6) is 0.622. The molecule has 0 atom stereocenters. The van der Waals surface area contributed by atoms with Gasteiger partial charge in [0.2, 0.25) is 0 Å². The molecule has 148 valence electrons. The van der Waals surface area contributed by atoms with Gasteiger partial charge in [0.1, 0.15) is 22.7 Å². The summed E-state index contributed by atoms with van der Waals surface area (Å²) in [4.78, 5) is 8.79. The zero-order valence-electron chi connectivity index (χ0n) is 16.4. The van der Waals surface area contributed by atoms with E-state index in [1.807, 2.05) is 35.8 Å². The molecule has 7 nitrogen and oxygen atoms in total. The summed E-state index contributed by atoms with van der Waals surface area (Å²) in [5.41, 5.74) is 3.30. The van der Waals surface area contributed by atoms with Crippen molar-refractivity contribution in [3.05, 3.63) is 55.0 Å². The molecule has 0 unspecified atom stereocenters. The Balaban J connectivity index is 2.30. The lowest BCUT2D eigenvalue weighted by Gasteiger charge is -2.15. The molecule has 0 bridgehead atoms. The van der Waals surface area contributed by atoms with Crippen LogP contribution in [0.5, 0.6) is 0 Å². The normalized spacial score (nSPS) is 11.7. The van der Waals surface area contributed by atoms with Crippen LogP contribution in [0.1, 0.15) is 19.4 Å². The third-order valence-corrected chi connectivity index (χ3v) is 6.29. The third-order valence-electron chi connectivity index (χ3n) is 4.18. The van der Waals surface area contributed by atoms with Crippen LogP contribution in [-0.2, 0) is 13.6 Å². The van der Waals surface area contributed by atoms with Gasteiger partial charge in [0, 0.05) is 18.4 Å². The van der Waals surface area contributed by atoms with E-state index in [-0.39, 0.29) is 13.2 Å². The molecule has 0 aliphatic heterocycles. The van der Waals surface area contributed by atoms with Crippen molar-refractivity contribution in [2.75, 3.05) is 25.1 Å². The molecule has 0 spiro atoms. The number of benzene rings is 1. The Kier molecular flexibility index (Phi) is 6.29. The van der Waals surface area contributed by atoms with E-state index in [1.165, 1.54) is 6.33 Å². The van der Waals surface area contributed by atoms with E-state index in [4.69, 9.17) is 9.05 Å². The summed E-state index contributed by atoms with van der Waals surface area (Å²) < 4.78 is 26.6. The van der Waals surface area contributed by atoms with Crippen LogP contribution in [-0.4, -0.2) is 34.3 Å². The first-order chi connectivity index (χ1) is 13.5. The van der Waals surface area contributed by atoms with Crippen LogP contribution >= 0.6 is 7.60 Å². The molecule has 0 fully saturated rings. The summed E-state index contributed by atoms with van der Waals surface area (Å²) in [6.07, 6.45) is 4.97. The minimum Gasteiger partial charge on any atom is -0.365 e. The van der Waals surface area contributed by atoms with Gasteiger partial charge < -0.3 is 18.9 Å². The first-order valence-corrected chi connectivity index (χ1v) is 10.8. The number of hydrogen-bond donors (Lipinski definition) is 1. The second kappa shape index (κ2) is 8.69. The number of hydrogen-bond acceptors (Lipinski definition) is 6. The van der Waals surface area contributed by atoms with E-state index < -0.39 is 7.60 Å². The molecule has 2 aromatic heterocycles. The van der Waals surface area contributed by atoms with Crippen molar-refractivity contribution >= 4 is 29.8 Å². The summed E-state index contributed by atoms with van der Waals surface area (Å²) in [6.45, 7) is 10.4. The van der Waals surface area contributed by atoms with Gasteiger partial charge in [0.25, 0.3) is 0 Å². The Bertz CT molecular complexity index is 1000. The van der Waals surface area contributed by atoms with Crippen molar-refractivity contribution < 1.29 is 13.6 Å². The fourth-order valence-electron chi connectivity index (χ4n) is 2.97. The molecular formula is C20H25N4O3P. The average molecular weight is 400 g/mol. The van der Waals surface area contributed by atoms with Crippen LogP contribution in [0.4, 0.5) is 5.82 Å². The van der Waals surface area contributed by atoms with Crippen LogP contribution in [0.25, 0.3) is 16.7 Å².